The summed E-state index contributed by atoms with van der Waals surface area (Å²) in [7, 11) is 0. The summed E-state index contributed by atoms with van der Waals surface area (Å²) in [6.45, 7) is 3.55. The first-order chi connectivity index (χ1) is 3.55. The second-order valence-corrected chi connectivity index (χ2v) is 2.11. The summed E-state index contributed by atoms with van der Waals surface area (Å²) < 4.78 is 0. The zero-order valence-electron chi connectivity index (χ0n) is 6.09. The van der Waals surface area contributed by atoms with Crippen molar-refractivity contribution in [3.05, 3.63) is 0 Å². The van der Waals surface area contributed by atoms with Crippen LogP contribution < -0.4 is 5.73 Å². The molecule has 0 unspecified atom stereocenters. The van der Waals surface area contributed by atoms with Gasteiger partial charge in [0.05, 0.1) is 0 Å². The first kappa shape index (κ1) is 12.7. The van der Waals surface area contributed by atoms with E-state index in [-0.39, 0.29) is 57.3 Å². The molecule has 1 radical (unpaired) electrons. The van der Waals surface area contributed by atoms with Gasteiger partial charge in [-0.2, -0.15) is 0 Å². The fourth-order valence-electron chi connectivity index (χ4n) is 0.285. The van der Waals surface area contributed by atoms with Crippen LogP contribution in [-0.2, 0) is 4.79 Å². The van der Waals surface area contributed by atoms with Crippen LogP contribution in [0.5, 0.6) is 0 Å². The van der Waals surface area contributed by atoms with Gasteiger partial charge in [0.25, 0.3) is 0 Å². The van der Waals surface area contributed by atoms with Gasteiger partial charge in [0.15, 0.2) is 0 Å². The summed E-state index contributed by atoms with van der Waals surface area (Å²) in [5, 5.41) is 8.23. The maximum absolute atomic E-state index is 10.0. The van der Waals surface area contributed by atoms with Crippen LogP contribution in [-0.4, -0.2) is 68.5 Å². The van der Waals surface area contributed by atoms with Crippen molar-refractivity contribution < 1.29 is 9.90 Å². The summed E-state index contributed by atoms with van der Waals surface area (Å²) in [5.74, 6) is -0.910. The Bertz CT molecular complexity index is 95.0. The first-order valence-electron chi connectivity index (χ1n) is 2.54. The Hall–Kier alpha value is 1.07. The normalized spacial score (nSPS) is 12.4. The molecule has 0 heterocycles. The molecule has 0 aliphatic carbocycles. The van der Waals surface area contributed by atoms with Gasteiger partial charge in [-0.1, -0.05) is 13.8 Å². The number of rotatable bonds is 2. The molecule has 0 aromatic rings. The third-order valence-corrected chi connectivity index (χ3v) is 1.00. The van der Waals surface area contributed by atoms with E-state index in [1.807, 2.05) is 0 Å². The minimum Gasteiger partial charge on any atom is -0.480 e. The van der Waals surface area contributed by atoms with E-state index >= 15 is 0 Å². The molecule has 0 spiro atoms. The fraction of sp³-hybridized carbons (Fsp3) is 0.800. The van der Waals surface area contributed by atoms with Gasteiger partial charge in [-0.15, -0.1) is 0 Å². The second kappa shape index (κ2) is 5.82. The Kier molecular flexibility index (Phi) is 8.23. The fourth-order valence-corrected chi connectivity index (χ4v) is 0.285. The first-order valence-corrected chi connectivity index (χ1v) is 2.54. The minimum atomic E-state index is -0.931. The monoisotopic (exact) mass is 156 g/mol. The van der Waals surface area contributed by atoms with E-state index in [9.17, 15) is 4.79 Å². The molecule has 0 aliphatic heterocycles. The van der Waals surface area contributed by atoms with Crippen LogP contribution in [0, 0.1) is 5.92 Å². The Labute approximate surface area is 97.4 Å². The summed E-state index contributed by atoms with van der Waals surface area (Å²) in [6, 6.07) is -0.713. The number of hydrogen-bond acceptors (Lipinski definition) is 2. The smallest absolute Gasteiger partial charge is 0.320 e. The SMILES string of the molecule is CC(C)[C@H](N)C(=O)O.[K]. The molecule has 9 heavy (non-hydrogen) atoms. The van der Waals surface area contributed by atoms with Crippen molar-refractivity contribution in [2.24, 2.45) is 11.7 Å². The summed E-state index contributed by atoms with van der Waals surface area (Å²) >= 11 is 0. The predicted octanol–water partition coefficient (Wildman–Crippen LogP) is -0.327. The topological polar surface area (TPSA) is 63.3 Å². The van der Waals surface area contributed by atoms with E-state index in [4.69, 9.17) is 10.8 Å². The number of hydrogen-bond donors (Lipinski definition) is 2. The largest absolute Gasteiger partial charge is 0.480 e. The maximum atomic E-state index is 10.0. The van der Waals surface area contributed by atoms with Crippen LogP contribution in [0.4, 0.5) is 0 Å². The van der Waals surface area contributed by atoms with Crippen molar-refractivity contribution in [1.82, 2.24) is 0 Å². The number of carboxylic acids is 1. The molecule has 0 amide bonds. The molecule has 49 valence electrons. The van der Waals surface area contributed by atoms with Crippen molar-refractivity contribution in [2.45, 2.75) is 19.9 Å². The van der Waals surface area contributed by atoms with Crippen LogP contribution in [0.1, 0.15) is 13.8 Å². The van der Waals surface area contributed by atoms with Crippen molar-refractivity contribution in [3.8, 4) is 0 Å². The second-order valence-electron chi connectivity index (χ2n) is 2.11. The molecule has 0 aromatic carbocycles. The molecule has 1 atom stereocenters. The average molecular weight is 156 g/mol. The van der Waals surface area contributed by atoms with E-state index in [0.717, 1.165) is 0 Å². The van der Waals surface area contributed by atoms with Crippen LogP contribution in [0.2, 0.25) is 0 Å². The average Bonchev–Trinajstić information content (AvgIpc) is 1.64. The number of carboxylic acid groups (broad SMARTS) is 1. The van der Waals surface area contributed by atoms with Crippen LogP contribution in [0.25, 0.3) is 0 Å². The van der Waals surface area contributed by atoms with Gasteiger partial charge < -0.3 is 10.8 Å². The van der Waals surface area contributed by atoms with Crippen LogP contribution in [0.3, 0.4) is 0 Å². The summed E-state index contributed by atoms with van der Waals surface area (Å²) in [4.78, 5) is 10.0. The zero-order chi connectivity index (χ0) is 6.73. The Balaban J connectivity index is 0. The van der Waals surface area contributed by atoms with Gasteiger partial charge in [-0.05, 0) is 5.92 Å². The molecule has 0 bridgehead atoms. The van der Waals surface area contributed by atoms with Crippen molar-refractivity contribution in [2.75, 3.05) is 0 Å². The van der Waals surface area contributed by atoms with E-state index < -0.39 is 12.0 Å². The molecule has 0 saturated heterocycles. The van der Waals surface area contributed by atoms with Gasteiger partial charge in [0.2, 0.25) is 0 Å². The molecule has 3 nitrogen and oxygen atoms in total. The zero-order valence-corrected chi connectivity index (χ0v) is 9.21. The predicted molar refractivity (Wildman–Crippen MR) is 36.2 cm³/mol. The minimum absolute atomic E-state index is 0. The Morgan fingerprint density at radius 1 is 1.56 bits per heavy atom. The van der Waals surface area contributed by atoms with Crippen molar-refractivity contribution in [3.63, 3.8) is 0 Å². The van der Waals surface area contributed by atoms with Crippen molar-refractivity contribution in [1.29, 1.82) is 0 Å². The molecular weight excluding hydrogens is 145 g/mol. The Morgan fingerprint density at radius 3 is 1.89 bits per heavy atom. The third kappa shape index (κ3) is 5.51. The van der Waals surface area contributed by atoms with E-state index in [1.54, 1.807) is 13.8 Å². The van der Waals surface area contributed by atoms with Gasteiger partial charge in [-0.25, -0.2) is 0 Å². The number of nitrogens with two attached hydrogens (primary N) is 1. The van der Waals surface area contributed by atoms with Crippen LogP contribution in [0.15, 0.2) is 0 Å². The molecule has 3 N–H and O–H groups in total. The standard InChI is InChI=1S/C5H11NO2.K/c1-3(2)4(6)5(7)8;/h3-4H,6H2,1-2H3,(H,7,8);/t4-;/m0./s1. The van der Waals surface area contributed by atoms with Gasteiger partial charge >= 0.3 is 5.97 Å². The van der Waals surface area contributed by atoms with Gasteiger partial charge in [-0.3, -0.25) is 4.79 Å². The Morgan fingerprint density at radius 2 is 1.89 bits per heavy atom. The molecule has 0 aliphatic rings. The third-order valence-electron chi connectivity index (χ3n) is 1.00. The van der Waals surface area contributed by atoms with Gasteiger partial charge in [0.1, 0.15) is 6.04 Å². The maximum Gasteiger partial charge on any atom is 0.320 e. The van der Waals surface area contributed by atoms with E-state index in [1.165, 1.54) is 0 Å². The van der Waals surface area contributed by atoms with Gasteiger partial charge in [0, 0.05) is 51.4 Å². The molecular formula is C5H11KNO2. The quantitative estimate of drug-likeness (QED) is 0.538. The number of aliphatic carboxylic acids is 1. The van der Waals surface area contributed by atoms with E-state index in [2.05, 4.69) is 0 Å². The molecule has 0 aromatic heterocycles. The van der Waals surface area contributed by atoms with E-state index in [0.29, 0.717) is 0 Å². The molecule has 0 fully saturated rings. The molecule has 0 rings (SSSR count). The van der Waals surface area contributed by atoms with Crippen LogP contribution >= 0.6 is 0 Å². The summed E-state index contributed by atoms with van der Waals surface area (Å²) in [6.07, 6.45) is 0. The summed E-state index contributed by atoms with van der Waals surface area (Å²) in [5.41, 5.74) is 5.16. The molecule has 4 heteroatoms. The van der Waals surface area contributed by atoms with Crippen molar-refractivity contribution >= 4 is 57.4 Å². The molecule has 0 saturated carbocycles. The number of carbonyl (C=O) groups is 1.